The van der Waals surface area contributed by atoms with Crippen molar-refractivity contribution in [2.75, 3.05) is 0 Å². The molecule has 0 unspecified atom stereocenters. The van der Waals surface area contributed by atoms with Gasteiger partial charge < -0.3 is 9.08 Å². The van der Waals surface area contributed by atoms with Gasteiger partial charge in [-0.1, -0.05) is 30.3 Å². The van der Waals surface area contributed by atoms with Gasteiger partial charge in [0.05, 0.1) is 11.1 Å². The second kappa shape index (κ2) is 9.84. The largest absolute Gasteiger partial charge is 0.416 e. The molecule has 3 aromatic carbocycles. The lowest BCUT2D eigenvalue weighted by atomic mass is 10.1. The maximum atomic E-state index is 14.1. The molecule has 10 heteroatoms. The van der Waals surface area contributed by atoms with E-state index in [1.807, 2.05) is 0 Å². The van der Waals surface area contributed by atoms with E-state index in [4.69, 9.17) is 4.18 Å². The van der Waals surface area contributed by atoms with Gasteiger partial charge in [0.2, 0.25) is 0 Å². The minimum absolute atomic E-state index is 0.0195. The number of carbonyl (C=O) groups excluding carboxylic acids is 1. The number of hydrogen-bond donors (Lipinski definition) is 0. The van der Waals surface area contributed by atoms with E-state index in [0.717, 1.165) is 18.2 Å². The third kappa shape index (κ3) is 5.93. The fourth-order valence-corrected chi connectivity index (χ4v) is 4.14. The third-order valence-corrected chi connectivity index (χ3v) is 6.14. The second-order valence-electron chi connectivity index (χ2n) is 7.72. The minimum Gasteiger partial charge on any atom is -0.379 e. The second-order valence-corrected chi connectivity index (χ2v) is 9.26. The van der Waals surface area contributed by atoms with Crippen molar-refractivity contribution in [3.05, 3.63) is 95.3 Å². The van der Waals surface area contributed by atoms with Gasteiger partial charge in [-0.2, -0.15) is 21.6 Å². The normalized spacial score (nSPS) is 12.0. The summed E-state index contributed by atoms with van der Waals surface area (Å²) in [5, 5.41) is 0. The highest BCUT2D eigenvalue weighted by Crippen LogP contribution is 2.31. The van der Waals surface area contributed by atoms with E-state index in [2.05, 4.69) is 0 Å². The highest BCUT2D eigenvalue weighted by molar-refractivity contribution is 7.87. The Morgan fingerprint density at radius 1 is 0.971 bits per heavy atom. The van der Waals surface area contributed by atoms with E-state index in [1.165, 1.54) is 41.3 Å². The number of amides is 1. The van der Waals surface area contributed by atoms with Gasteiger partial charge >= 0.3 is 16.3 Å². The summed E-state index contributed by atoms with van der Waals surface area (Å²) in [6.45, 7) is 3.51. The Hall–Kier alpha value is -3.40. The fourth-order valence-electron chi connectivity index (χ4n) is 3.17. The predicted octanol–water partition coefficient (Wildman–Crippen LogP) is 5.66. The first-order valence-corrected chi connectivity index (χ1v) is 11.6. The molecule has 0 N–H and O–H groups in total. The first kappa shape index (κ1) is 25.2. The number of alkyl halides is 3. The van der Waals surface area contributed by atoms with Crippen LogP contribution in [0.3, 0.4) is 0 Å². The Kier molecular flexibility index (Phi) is 7.30. The fraction of sp³-hybridized carbons (Fsp3) is 0.208. The molecule has 0 heterocycles. The molecule has 0 bridgehead atoms. The first-order valence-electron chi connectivity index (χ1n) is 10.1. The summed E-state index contributed by atoms with van der Waals surface area (Å²) in [6.07, 6.45) is -4.71. The zero-order valence-electron chi connectivity index (χ0n) is 18.2. The number of nitrogens with zero attached hydrogens (tertiary/aromatic N) is 1. The zero-order valence-corrected chi connectivity index (χ0v) is 19.0. The summed E-state index contributed by atoms with van der Waals surface area (Å²) in [7, 11) is -4.55. The van der Waals surface area contributed by atoms with Gasteiger partial charge in [0, 0.05) is 12.6 Å². The predicted molar refractivity (Wildman–Crippen MR) is 117 cm³/mol. The highest BCUT2D eigenvalue weighted by Gasteiger charge is 2.32. The minimum atomic E-state index is -4.71. The zero-order chi connectivity index (χ0) is 25.1. The molecule has 0 aliphatic rings. The average molecular weight is 495 g/mol. The molecule has 5 nitrogen and oxygen atoms in total. The Morgan fingerprint density at radius 3 is 2.29 bits per heavy atom. The van der Waals surface area contributed by atoms with Crippen LogP contribution in [0.15, 0.2) is 77.7 Å². The molecule has 0 saturated carbocycles. The van der Waals surface area contributed by atoms with Crippen molar-refractivity contribution in [2.24, 2.45) is 0 Å². The van der Waals surface area contributed by atoms with Crippen molar-refractivity contribution in [3.63, 3.8) is 0 Å². The molecule has 0 radical (unpaired) electrons. The molecule has 3 aromatic rings. The highest BCUT2D eigenvalue weighted by atomic mass is 32.2. The van der Waals surface area contributed by atoms with Crippen molar-refractivity contribution in [2.45, 2.75) is 37.5 Å². The van der Waals surface area contributed by atoms with Crippen molar-refractivity contribution >= 4 is 16.0 Å². The number of hydrogen-bond acceptors (Lipinski definition) is 4. The van der Waals surface area contributed by atoms with Gasteiger partial charge in [0.15, 0.2) is 0 Å². The molecule has 180 valence electrons. The maximum absolute atomic E-state index is 14.1. The molecule has 0 aliphatic carbocycles. The smallest absolute Gasteiger partial charge is 0.379 e. The lowest BCUT2D eigenvalue weighted by molar-refractivity contribution is -0.137. The Morgan fingerprint density at radius 2 is 1.65 bits per heavy atom. The SMILES string of the molecule is CC(C)N(Cc1cccc(OS(=O)(=O)c2cccc(C(F)(F)F)c2)c1)C(=O)c1ccccc1F. The summed E-state index contributed by atoms with van der Waals surface area (Å²) < 4.78 is 83.1. The van der Waals surface area contributed by atoms with Gasteiger partial charge in [-0.05, 0) is 61.9 Å². The van der Waals surface area contributed by atoms with E-state index in [9.17, 15) is 30.8 Å². The van der Waals surface area contributed by atoms with Gasteiger partial charge in [0.1, 0.15) is 16.5 Å². The molecule has 0 aliphatic heterocycles. The van der Waals surface area contributed by atoms with Crippen LogP contribution in [0.1, 0.15) is 35.3 Å². The molecule has 0 aromatic heterocycles. The maximum Gasteiger partial charge on any atom is 0.416 e. The standard InChI is InChI=1S/C24H21F4NO4S/c1-16(2)29(23(30)21-11-3-4-12-22(21)25)15-17-7-5-9-19(13-17)33-34(31,32)20-10-6-8-18(14-20)24(26,27)28/h3-14,16H,15H2,1-2H3. The summed E-state index contributed by atoms with van der Waals surface area (Å²) in [5.41, 5.74) is -0.740. The van der Waals surface area contributed by atoms with Crippen LogP contribution in [0.4, 0.5) is 17.6 Å². The van der Waals surface area contributed by atoms with Crippen LogP contribution in [-0.2, 0) is 22.8 Å². The van der Waals surface area contributed by atoms with Gasteiger partial charge in [0.25, 0.3) is 5.91 Å². The Bertz CT molecular complexity index is 1290. The summed E-state index contributed by atoms with van der Waals surface area (Å²) in [5.74, 6) is -1.35. The average Bonchev–Trinajstić information content (AvgIpc) is 2.77. The van der Waals surface area contributed by atoms with E-state index in [1.54, 1.807) is 26.0 Å². The molecular weight excluding hydrogens is 474 g/mol. The number of halogens is 4. The Labute approximate surface area is 194 Å². The monoisotopic (exact) mass is 495 g/mol. The first-order chi connectivity index (χ1) is 15.9. The molecule has 0 atom stereocenters. The summed E-state index contributed by atoms with van der Waals surface area (Å²) in [4.78, 5) is 13.6. The van der Waals surface area contributed by atoms with Gasteiger partial charge in [-0.3, -0.25) is 4.79 Å². The van der Waals surface area contributed by atoms with Crippen molar-refractivity contribution in [1.82, 2.24) is 4.90 Å². The summed E-state index contributed by atoms with van der Waals surface area (Å²) in [6, 6.07) is 14.3. The molecule has 0 saturated heterocycles. The lowest BCUT2D eigenvalue weighted by Crippen LogP contribution is -2.36. The van der Waals surface area contributed by atoms with Crippen LogP contribution in [-0.4, -0.2) is 25.3 Å². The third-order valence-electron chi connectivity index (χ3n) is 4.90. The van der Waals surface area contributed by atoms with Crippen LogP contribution in [0.2, 0.25) is 0 Å². The van der Waals surface area contributed by atoms with E-state index < -0.39 is 38.5 Å². The summed E-state index contributed by atoms with van der Waals surface area (Å²) >= 11 is 0. The van der Waals surface area contributed by atoms with Crippen molar-refractivity contribution in [3.8, 4) is 5.75 Å². The topological polar surface area (TPSA) is 63.7 Å². The van der Waals surface area contributed by atoms with E-state index in [0.29, 0.717) is 11.6 Å². The van der Waals surface area contributed by atoms with Crippen LogP contribution in [0.5, 0.6) is 5.75 Å². The quantitative estimate of drug-likeness (QED) is 0.313. The molecule has 34 heavy (non-hydrogen) atoms. The number of carbonyl (C=O) groups is 1. The molecule has 0 fully saturated rings. The molecular formula is C24H21F4NO4S. The van der Waals surface area contributed by atoms with E-state index >= 15 is 0 Å². The lowest BCUT2D eigenvalue weighted by Gasteiger charge is -2.27. The Balaban J connectivity index is 1.84. The van der Waals surface area contributed by atoms with Gasteiger partial charge in [-0.15, -0.1) is 0 Å². The van der Waals surface area contributed by atoms with Crippen LogP contribution < -0.4 is 4.18 Å². The van der Waals surface area contributed by atoms with Crippen molar-refractivity contribution in [1.29, 1.82) is 0 Å². The molecule has 0 spiro atoms. The number of rotatable bonds is 7. The van der Waals surface area contributed by atoms with Crippen LogP contribution >= 0.6 is 0 Å². The van der Waals surface area contributed by atoms with Crippen LogP contribution in [0.25, 0.3) is 0 Å². The van der Waals surface area contributed by atoms with Gasteiger partial charge in [-0.25, -0.2) is 4.39 Å². The molecule has 1 amide bonds. The van der Waals surface area contributed by atoms with Crippen LogP contribution in [0, 0.1) is 5.82 Å². The van der Waals surface area contributed by atoms with Crippen molar-refractivity contribution < 1.29 is 35.0 Å². The number of benzene rings is 3. The van der Waals surface area contributed by atoms with E-state index in [-0.39, 0.29) is 23.9 Å². The molecule has 3 rings (SSSR count).